The summed E-state index contributed by atoms with van der Waals surface area (Å²) in [5.74, 6) is 0. The van der Waals surface area contributed by atoms with Crippen molar-refractivity contribution in [2.45, 2.75) is 0 Å². The maximum absolute atomic E-state index is 6.19. The first kappa shape index (κ1) is 20.5. The number of anilines is 3. The van der Waals surface area contributed by atoms with E-state index in [1.54, 1.807) is 0 Å². The average Bonchev–Trinajstić information content (AvgIpc) is 3.34. The van der Waals surface area contributed by atoms with E-state index in [0.717, 1.165) is 33.6 Å². The molecule has 0 saturated carbocycles. The van der Waals surface area contributed by atoms with Crippen molar-refractivity contribution in [3.8, 4) is 11.1 Å². The molecule has 0 aliphatic carbocycles. The Labute approximate surface area is 209 Å². The van der Waals surface area contributed by atoms with E-state index in [4.69, 9.17) is 4.42 Å². The molecule has 2 heteroatoms. The Kier molecular flexibility index (Phi) is 4.82. The van der Waals surface area contributed by atoms with E-state index in [2.05, 4.69) is 132 Å². The molecule has 0 atom stereocenters. The first-order valence-corrected chi connectivity index (χ1v) is 12.2. The Hall–Kier alpha value is -4.82. The molecule has 7 rings (SSSR count). The molecule has 7 aromatic rings. The van der Waals surface area contributed by atoms with Crippen molar-refractivity contribution < 1.29 is 4.42 Å². The minimum atomic E-state index is 0.923. The minimum Gasteiger partial charge on any atom is -0.456 e. The fraction of sp³-hybridized carbons (Fsp3) is 0. The van der Waals surface area contributed by atoms with Crippen LogP contribution >= 0.6 is 0 Å². The van der Waals surface area contributed by atoms with Crippen LogP contribution in [-0.4, -0.2) is 0 Å². The number of nitrogens with zero attached hydrogens (tertiary/aromatic N) is 1. The lowest BCUT2D eigenvalue weighted by molar-refractivity contribution is 0.669. The molecule has 1 heterocycles. The highest BCUT2D eigenvalue weighted by Gasteiger charge is 2.15. The third-order valence-electron chi connectivity index (χ3n) is 6.85. The van der Waals surface area contributed by atoms with Crippen molar-refractivity contribution >= 4 is 49.8 Å². The van der Waals surface area contributed by atoms with Crippen molar-refractivity contribution in [3.63, 3.8) is 0 Å². The third-order valence-corrected chi connectivity index (χ3v) is 6.85. The summed E-state index contributed by atoms with van der Waals surface area (Å²) in [4.78, 5) is 2.29. The molecule has 0 aliphatic rings. The van der Waals surface area contributed by atoms with Crippen LogP contribution < -0.4 is 4.90 Å². The lowest BCUT2D eigenvalue weighted by Crippen LogP contribution is -2.09. The standard InChI is InChI=1S/C34H23NO/c1-3-11-26(12-4-1)35(27-13-5-2-6-14-27)28-21-18-24(19-22-28)29-16-9-10-25-20-23-32-34(33(25)29)30-15-7-8-17-31(30)36-32/h1-23H. The van der Waals surface area contributed by atoms with Gasteiger partial charge < -0.3 is 9.32 Å². The van der Waals surface area contributed by atoms with Gasteiger partial charge in [-0.3, -0.25) is 0 Å². The van der Waals surface area contributed by atoms with Crippen molar-refractivity contribution in [1.82, 2.24) is 0 Å². The van der Waals surface area contributed by atoms with Gasteiger partial charge in [-0.25, -0.2) is 0 Å². The molecule has 0 amide bonds. The van der Waals surface area contributed by atoms with Crippen LogP contribution in [0, 0.1) is 0 Å². The van der Waals surface area contributed by atoms with Crippen LogP contribution in [0.5, 0.6) is 0 Å². The molecule has 2 nitrogen and oxygen atoms in total. The Morgan fingerprint density at radius 1 is 0.417 bits per heavy atom. The van der Waals surface area contributed by atoms with Gasteiger partial charge >= 0.3 is 0 Å². The van der Waals surface area contributed by atoms with Crippen molar-refractivity contribution in [2.24, 2.45) is 0 Å². The second-order valence-electron chi connectivity index (χ2n) is 8.99. The molecule has 0 saturated heterocycles. The van der Waals surface area contributed by atoms with Gasteiger partial charge in [-0.05, 0) is 65.0 Å². The minimum absolute atomic E-state index is 0.923. The lowest BCUT2D eigenvalue weighted by atomic mass is 9.94. The Morgan fingerprint density at radius 2 is 1.06 bits per heavy atom. The number of fused-ring (bicyclic) bond motifs is 5. The molecular weight excluding hydrogens is 438 g/mol. The van der Waals surface area contributed by atoms with Gasteiger partial charge in [-0.15, -0.1) is 0 Å². The first-order valence-electron chi connectivity index (χ1n) is 12.2. The van der Waals surface area contributed by atoms with Gasteiger partial charge in [-0.2, -0.15) is 0 Å². The summed E-state index contributed by atoms with van der Waals surface area (Å²) in [5.41, 5.74) is 7.63. The zero-order valence-corrected chi connectivity index (χ0v) is 19.6. The van der Waals surface area contributed by atoms with E-state index in [0.29, 0.717) is 0 Å². The molecule has 0 fully saturated rings. The summed E-state index contributed by atoms with van der Waals surface area (Å²) < 4.78 is 6.19. The smallest absolute Gasteiger partial charge is 0.136 e. The van der Waals surface area contributed by atoms with Gasteiger partial charge in [-0.1, -0.05) is 91.0 Å². The molecule has 36 heavy (non-hydrogen) atoms. The summed E-state index contributed by atoms with van der Waals surface area (Å²) in [7, 11) is 0. The molecule has 0 unspecified atom stereocenters. The number of para-hydroxylation sites is 3. The second kappa shape index (κ2) is 8.44. The molecule has 0 N–H and O–H groups in total. The second-order valence-corrected chi connectivity index (χ2v) is 8.99. The largest absolute Gasteiger partial charge is 0.456 e. The molecule has 0 spiro atoms. The maximum atomic E-state index is 6.19. The van der Waals surface area contributed by atoms with E-state index >= 15 is 0 Å². The summed E-state index contributed by atoms with van der Waals surface area (Å²) >= 11 is 0. The fourth-order valence-electron chi connectivity index (χ4n) is 5.23. The van der Waals surface area contributed by atoms with Crippen molar-refractivity contribution in [3.05, 3.63) is 140 Å². The highest BCUT2D eigenvalue weighted by atomic mass is 16.3. The number of rotatable bonds is 4. The van der Waals surface area contributed by atoms with Crippen LogP contribution in [0.25, 0.3) is 43.8 Å². The zero-order valence-electron chi connectivity index (χ0n) is 19.6. The van der Waals surface area contributed by atoms with Crippen LogP contribution in [0.15, 0.2) is 144 Å². The molecule has 0 bridgehead atoms. The van der Waals surface area contributed by atoms with Gasteiger partial charge in [0, 0.05) is 33.2 Å². The van der Waals surface area contributed by atoms with Gasteiger partial charge in [0.1, 0.15) is 11.2 Å². The highest BCUT2D eigenvalue weighted by molar-refractivity contribution is 6.22. The summed E-state index contributed by atoms with van der Waals surface area (Å²) in [6.45, 7) is 0. The average molecular weight is 462 g/mol. The molecule has 1 aromatic heterocycles. The number of furan rings is 1. The van der Waals surface area contributed by atoms with E-state index in [1.807, 2.05) is 12.1 Å². The van der Waals surface area contributed by atoms with Gasteiger partial charge in [0.2, 0.25) is 0 Å². The highest BCUT2D eigenvalue weighted by Crippen LogP contribution is 2.41. The summed E-state index contributed by atoms with van der Waals surface area (Å²) in [6, 6.07) is 48.9. The van der Waals surface area contributed by atoms with Crippen LogP contribution in [0.2, 0.25) is 0 Å². The summed E-state index contributed by atoms with van der Waals surface area (Å²) in [5, 5.41) is 4.78. The lowest BCUT2D eigenvalue weighted by Gasteiger charge is -2.25. The Balaban J connectivity index is 1.40. The number of hydrogen-bond donors (Lipinski definition) is 0. The molecule has 0 aliphatic heterocycles. The SMILES string of the molecule is c1ccc(N(c2ccccc2)c2ccc(-c3cccc4ccc5oc6ccccc6c5c34)cc2)cc1. The number of hydrogen-bond acceptors (Lipinski definition) is 2. The predicted molar refractivity (Wildman–Crippen MR) is 151 cm³/mol. The van der Waals surface area contributed by atoms with Crippen molar-refractivity contribution in [1.29, 1.82) is 0 Å². The van der Waals surface area contributed by atoms with E-state index < -0.39 is 0 Å². The molecule has 170 valence electrons. The van der Waals surface area contributed by atoms with Gasteiger partial charge in [0.05, 0.1) is 0 Å². The first-order chi connectivity index (χ1) is 17.9. The number of benzene rings is 6. The van der Waals surface area contributed by atoms with E-state index in [9.17, 15) is 0 Å². The van der Waals surface area contributed by atoms with E-state index in [1.165, 1.54) is 27.3 Å². The quantitative estimate of drug-likeness (QED) is 0.259. The van der Waals surface area contributed by atoms with Crippen LogP contribution in [0.1, 0.15) is 0 Å². The molecule has 0 radical (unpaired) electrons. The maximum Gasteiger partial charge on any atom is 0.136 e. The Morgan fingerprint density at radius 3 is 1.78 bits per heavy atom. The predicted octanol–water partition coefficient (Wildman–Crippen LogP) is 9.88. The van der Waals surface area contributed by atoms with Crippen molar-refractivity contribution in [2.75, 3.05) is 4.90 Å². The van der Waals surface area contributed by atoms with Crippen LogP contribution in [0.4, 0.5) is 17.1 Å². The monoisotopic (exact) mass is 461 g/mol. The van der Waals surface area contributed by atoms with Crippen LogP contribution in [0.3, 0.4) is 0 Å². The topological polar surface area (TPSA) is 16.4 Å². The van der Waals surface area contributed by atoms with Gasteiger partial charge in [0.15, 0.2) is 0 Å². The normalized spacial score (nSPS) is 11.3. The zero-order chi connectivity index (χ0) is 23.9. The molecular formula is C34H23NO. The van der Waals surface area contributed by atoms with Gasteiger partial charge in [0.25, 0.3) is 0 Å². The van der Waals surface area contributed by atoms with E-state index in [-0.39, 0.29) is 0 Å². The summed E-state index contributed by atoms with van der Waals surface area (Å²) in [6.07, 6.45) is 0. The van der Waals surface area contributed by atoms with Crippen LogP contribution in [-0.2, 0) is 0 Å². The fourth-order valence-corrected chi connectivity index (χ4v) is 5.23. The Bertz CT molecular complexity index is 1780. The molecule has 6 aromatic carbocycles. The third kappa shape index (κ3) is 3.35.